The zero-order chi connectivity index (χ0) is 21.9. The summed E-state index contributed by atoms with van der Waals surface area (Å²) >= 11 is 0. The molecule has 0 aliphatic carbocycles. The van der Waals surface area contributed by atoms with E-state index in [4.69, 9.17) is 19.4 Å². The Morgan fingerprint density at radius 2 is 1.86 bits per heavy atom. The number of hydrogen-bond acceptors (Lipinski definition) is 6. The molecule has 2 aliphatic rings. The van der Waals surface area contributed by atoms with Crippen LogP contribution in [0, 0.1) is 5.92 Å². The number of carbonyl (C=O) groups is 1. The van der Waals surface area contributed by atoms with Crippen molar-refractivity contribution in [2.75, 3.05) is 39.7 Å². The second-order valence-electron chi connectivity index (χ2n) is 7.08. The van der Waals surface area contributed by atoms with Crippen LogP contribution < -0.4 is 4.74 Å². The predicted molar refractivity (Wildman–Crippen MR) is 98.5 cm³/mol. The summed E-state index contributed by atoms with van der Waals surface area (Å²) in [5.41, 5.74) is 1.10. The molecule has 11 heteroatoms. The van der Waals surface area contributed by atoms with Gasteiger partial charge in [0, 0.05) is 38.2 Å². The number of methoxy groups -OCH3 is 2. The van der Waals surface area contributed by atoms with Crippen molar-refractivity contribution >= 4 is 15.8 Å². The molecule has 1 aromatic rings. The van der Waals surface area contributed by atoms with Crippen LogP contribution >= 0.6 is 0 Å². The van der Waals surface area contributed by atoms with Crippen molar-refractivity contribution in [2.45, 2.75) is 23.9 Å². The molecule has 2 heterocycles. The maximum absolute atomic E-state index is 12.5. The van der Waals surface area contributed by atoms with E-state index in [0.717, 1.165) is 24.3 Å². The Kier molecular flexibility index (Phi) is 7.18. The van der Waals surface area contributed by atoms with Gasteiger partial charge in [0.1, 0.15) is 10.5 Å². The fraction of sp³-hybridized carbons (Fsp3) is 0.611. The van der Waals surface area contributed by atoms with Gasteiger partial charge in [-0.05, 0) is 12.5 Å². The first kappa shape index (κ1) is 23.4. The smallest absolute Gasteiger partial charge is 0.490 e. The van der Waals surface area contributed by atoms with Crippen LogP contribution in [0.3, 0.4) is 0 Å². The number of ether oxygens (including phenoxy) is 2. The SMILES string of the molecule is COCC1CCS(=O)(=O)C12CN(Cc1ccccc1OC)C2.O=C(O)C(F)(F)F. The van der Waals surface area contributed by atoms with E-state index in [9.17, 15) is 21.6 Å². The minimum absolute atomic E-state index is 0.122. The standard InChI is InChI=1S/C16H23NO4S.C2HF3O2/c1-20-10-14-7-8-22(18,19)16(14)11-17(12-16)9-13-5-3-4-6-15(13)21-2;3-2(4,5)1(6)7/h3-6,14H,7-12H2,1-2H3;(H,6,7). The number of alkyl halides is 3. The topological polar surface area (TPSA) is 93.1 Å². The highest BCUT2D eigenvalue weighted by atomic mass is 32.2. The minimum atomic E-state index is -5.08. The predicted octanol–water partition coefficient (Wildman–Crippen LogP) is 1.96. The van der Waals surface area contributed by atoms with Gasteiger partial charge < -0.3 is 14.6 Å². The molecule has 29 heavy (non-hydrogen) atoms. The van der Waals surface area contributed by atoms with E-state index < -0.39 is 26.7 Å². The summed E-state index contributed by atoms with van der Waals surface area (Å²) < 4.78 is 66.7. The van der Waals surface area contributed by atoms with Gasteiger partial charge in [-0.2, -0.15) is 13.2 Å². The highest BCUT2D eigenvalue weighted by molar-refractivity contribution is 7.93. The van der Waals surface area contributed by atoms with Crippen molar-refractivity contribution in [2.24, 2.45) is 5.92 Å². The van der Waals surface area contributed by atoms with Gasteiger partial charge in [0.25, 0.3) is 0 Å². The lowest BCUT2D eigenvalue weighted by Gasteiger charge is -2.50. The first-order valence-electron chi connectivity index (χ1n) is 8.82. The van der Waals surface area contributed by atoms with Gasteiger partial charge in [0.05, 0.1) is 19.5 Å². The van der Waals surface area contributed by atoms with E-state index in [1.165, 1.54) is 0 Å². The molecule has 2 fully saturated rings. The van der Waals surface area contributed by atoms with Gasteiger partial charge in [-0.1, -0.05) is 18.2 Å². The maximum atomic E-state index is 12.5. The fourth-order valence-electron chi connectivity index (χ4n) is 3.81. The third-order valence-corrected chi connectivity index (χ3v) is 7.88. The molecule has 3 rings (SSSR count). The number of likely N-dealkylation sites (tertiary alicyclic amines) is 1. The monoisotopic (exact) mass is 439 g/mol. The summed E-state index contributed by atoms with van der Waals surface area (Å²) in [6.07, 6.45) is -4.36. The van der Waals surface area contributed by atoms with E-state index in [1.54, 1.807) is 14.2 Å². The molecular weight excluding hydrogens is 415 g/mol. The summed E-state index contributed by atoms with van der Waals surface area (Å²) in [5, 5.41) is 7.12. The van der Waals surface area contributed by atoms with Crippen LogP contribution in [0.4, 0.5) is 13.2 Å². The molecule has 0 aromatic heterocycles. The quantitative estimate of drug-likeness (QED) is 0.750. The Hall–Kier alpha value is -1.85. The molecule has 164 valence electrons. The summed E-state index contributed by atoms with van der Waals surface area (Å²) in [6.45, 7) is 2.45. The van der Waals surface area contributed by atoms with E-state index in [0.29, 0.717) is 25.4 Å². The number of hydrogen-bond donors (Lipinski definition) is 1. The average molecular weight is 439 g/mol. The van der Waals surface area contributed by atoms with Crippen LogP contribution in [0.2, 0.25) is 0 Å². The van der Waals surface area contributed by atoms with Gasteiger partial charge in [0.15, 0.2) is 9.84 Å². The van der Waals surface area contributed by atoms with E-state index >= 15 is 0 Å². The van der Waals surface area contributed by atoms with Gasteiger partial charge >= 0.3 is 12.1 Å². The van der Waals surface area contributed by atoms with Crippen LogP contribution in [0.25, 0.3) is 0 Å². The third kappa shape index (κ3) is 5.01. The molecule has 2 saturated heterocycles. The van der Waals surface area contributed by atoms with Crippen LogP contribution in [0.1, 0.15) is 12.0 Å². The lowest BCUT2D eigenvalue weighted by Crippen LogP contribution is -2.67. The summed E-state index contributed by atoms with van der Waals surface area (Å²) in [5.74, 6) is -1.49. The van der Waals surface area contributed by atoms with Crippen molar-refractivity contribution in [1.29, 1.82) is 0 Å². The van der Waals surface area contributed by atoms with Crippen molar-refractivity contribution in [3.8, 4) is 5.75 Å². The summed E-state index contributed by atoms with van der Waals surface area (Å²) in [6, 6.07) is 7.88. The first-order valence-corrected chi connectivity index (χ1v) is 10.5. The lowest BCUT2D eigenvalue weighted by molar-refractivity contribution is -0.192. The largest absolute Gasteiger partial charge is 0.496 e. The number of aliphatic carboxylic acids is 1. The van der Waals surface area contributed by atoms with Crippen LogP contribution in [0.5, 0.6) is 5.75 Å². The molecule has 1 unspecified atom stereocenters. The second kappa shape index (κ2) is 8.88. The van der Waals surface area contributed by atoms with Gasteiger partial charge in [0.2, 0.25) is 0 Å². The van der Waals surface area contributed by atoms with E-state index in [-0.39, 0.29) is 5.92 Å². The number of para-hydroxylation sites is 1. The normalized spacial score (nSPS) is 22.4. The van der Waals surface area contributed by atoms with E-state index in [1.807, 2.05) is 24.3 Å². The van der Waals surface area contributed by atoms with Crippen molar-refractivity contribution in [3.05, 3.63) is 29.8 Å². The summed E-state index contributed by atoms with van der Waals surface area (Å²) in [7, 11) is 0.287. The maximum Gasteiger partial charge on any atom is 0.490 e. The van der Waals surface area contributed by atoms with Crippen molar-refractivity contribution < 1.29 is 41.0 Å². The molecule has 0 amide bonds. The molecular formula is C18H24F3NO6S. The van der Waals surface area contributed by atoms with Crippen molar-refractivity contribution in [3.63, 3.8) is 0 Å². The van der Waals surface area contributed by atoms with Crippen molar-refractivity contribution in [1.82, 2.24) is 4.90 Å². The molecule has 0 radical (unpaired) electrons. The fourth-order valence-corrected chi connectivity index (χ4v) is 6.26. The van der Waals surface area contributed by atoms with E-state index in [2.05, 4.69) is 4.90 Å². The molecule has 1 spiro atoms. The Morgan fingerprint density at radius 3 is 2.38 bits per heavy atom. The number of carboxylic acids is 1. The summed E-state index contributed by atoms with van der Waals surface area (Å²) in [4.78, 5) is 11.1. The number of halogens is 3. The van der Waals surface area contributed by atoms with Crippen LogP contribution in [-0.2, 0) is 25.9 Å². The third-order valence-electron chi connectivity index (χ3n) is 5.28. The molecule has 0 bridgehead atoms. The Labute approximate surface area is 167 Å². The Bertz CT molecular complexity index is 821. The molecule has 2 aliphatic heterocycles. The van der Waals surface area contributed by atoms with Gasteiger partial charge in [-0.3, -0.25) is 4.90 Å². The zero-order valence-electron chi connectivity index (χ0n) is 16.1. The molecule has 7 nitrogen and oxygen atoms in total. The number of rotatable bonds is 5. The Morgan fingerprint density at radius 1 is 1.28 bits per heavy atom. The average Bonchev–Trinajstić information content (AvgIpc) is 2.86. The molecule has 1 aromatic carbocycles. The first-order chi connectivity index (χ1) is 13.5. The zero-order valence-corrected chi connectivity index (χ0v) is 16.9. The number of sulfone groups is 1. The Balaban J connectivity index is 0.000000370. The van der Waals surface area contributed by atoms with Crippen LogP contribution in [-0.4, -0.2) is 75.0 Å². The molecule has 1 atom stereocenters. The lowest BCUT2D eigenvalue weighted by atomic mass is 9.83. The number of nitrogens with zero attached hydrogens (tertiary/aromatic N) is 1. The number of carboxylic acid groups (broad SMARTS) is 1. The number of benzene rings is 1. The minimum Gasteiger partial charge on any atom is -0.496 e. The molecule has 1 N–H and O–H groups in total. The van der Waals surface area contributed by atoms with Gasteiger partial charge in [-0.15, -0.1) is 0 Å². The highest BCUT2D eigenvalue weighted by Gasteiger charge is 2.61. The molecule has 0 saturated carbocycles. The van der Waals surface area contributed by atoms with Crippen LogP contribution in [0.15, 0.2) is 24.3 Å². The second-order valence-corrected chi connectivity index (χ2v) is 9.54. The van der Waals surface area contributed by atoms with Gasteiger partial charge in [-0.25, -0.2) is 13.2 Å². The highest BCUT2D eigenvalue weighted by Crippen LogP contribution is 2.45.